The molecule has 12 aliphatic rings. The van der Waals surface area contributed by atoms with E-state index in [1.807, 2.05) is 40.7 Å². The number of aryl methyl sites for hydroxylation is 3. The fourth-order valence-corrected chi connectivity index (χ4v) is 22.7. The van der Waals surface area contributed by atoms with Crippen molar-refractivity contribution >= 4 is 17.3 Å². The number of hydrogen-bond donors (Lipinski definition) is 0. The molecule has 5 aromatic rings. The highest BCUT2D eigenvalue weighted by Gasteiger charge is 2.48. The highest BCUT2D eigenvalue weighted by Crippen LogP contribution is 2.51. The molecule has 0 radical (unpaired) electrons. The van der Waals surface area contributed by atoms with Crippen molar-refractivity contribution in [2.24, 2.45) is 33.0 Å². The molecule has 20 heteroatoms. The van der Waals surface area contributed by atoms with E-state index < -0.39 is 0 Å². The lowest BCUT2D eigenvalue weighted by Gasteiger charge is -2.50. The number of hydrogen-bond acceptors (Lipinski definition) is 16. The highest BCUT2D eigenvalue weighted by atomic mass is 16.5. The van der Waals surface area contributed by atoms with E-state index >= 15 is 0 Å². The van der Waals surface area contributed by atoms with Crippen LogP contribution in [0.5, 0.6) is 0 Å². The lowest BCUT2D eigenvalue weighted by Crippen LogP contribution is -2.51. The minimum absolute atomic E-state index is 0.218. The number of piperidine rings is 5. The van der Waals surface area contributed by atoms with Gasteiger partial charge in [-0.15, -0.1) is 0 Å². The largest absolute Gasteiger partial charge is 0.376 e. The van der Waals surface area contributed by atoms with Gasteiger partial charge in [0, 0.05) is 165 Å². The molecule has 0 bridgehead atoms. The molecule has 3 aliphatic carbocycles. The predicted molar refractivity (Wildman–Crippen MR) is 474 cm³/mol. The number of rotatable bonds is 8. The van der Waals surface area contributed by atoms with Crippen LogP contribution >= 0.6 is 0 Å². The molecule has 5 aromatic heterocycles. The van der Waals surface area contributed by atoms with E-state index in [4.69, 9.17) is 4.74 Å². The molecule has 20 nitrogen and oxygen atoms in total. The van der Waals surface area contributed by atoms with Gasteiger partial charge in [-0.2, -0.15) is 5.10 Å². The Bertz CT molecular complexity index is 3830. The van der Waals surface area contributed by atoms with Crippen molar-refractivity contribution in [2.75, 3.05) is 121 Å². The Morgan fingerprint density at radius 2 is 0.888 bits per heavy atom. The molecule has 1 amide bonds. The van der Waals surface area contributed by atoms with Crippen molar-refractivity contribution in [3.05, 3.63) is 96.6 Å². The minimum Gasteiger partial charge on any atom is -0.376 e. The smallest absolute Gasteiger partial charge is 0.226 e. The van der Waals surface area contributed by atoms with Crippen LogP contribution in [0.4, 0.5) is 11.4 Å². The summed E-state index contributed by atoms with van der Waals surface area (Å²) in [5, 5.41) is 4.21. The topological polar surface area (TPSA) is 148 Å². The molecule has 9 aliphatic heterocycles. The van der Waals surface area contributed by atoms with Gasteiger partial charge in [0.25, 0.3) is 0 Å². The van der Waals surface area contributed by atoms with Gasteiger partial charge in [-0.1, -0.05) is 0 Å². The SMILES string of the molecule is CC(C)(C)N1CCC2(CCC(C(=O)N3CCn4ncnc4C3)CC2)CC1.CC(C)(C)N1CCC2(CCC(N3CCn4ccnc4C3)CC2)CC1.CC(C)(C)N1CCC2(CCC(OCCn3ccnc3)CC2)CC1.Cc1cc(N2CCC3(CC2)CCN(C(C)(C)C)C3)cc(C)n1.Cc1cc(N2CCC3(CC2)CCN(C(C)(C)C)C3)ccn1. The Hall–Kier alpha value is -5.35. The number of carbonyl (C=O) groups excluding carboxylic acids is 1. The first-order valence-electron chi connectivity index (χ1n) is 46.5. The van der Waals surface area contributed by atoms with Gasteiger partial charge in [-0.3, -0.25) is 44.2 Å². The molecule has 3 saturated carbocycles. The normalized spacial score (nSPS) is 24.1. The Morgan fingerprint density at radius 3 is 1.36 bits per heavy atom. The first-order valence-corrected chi connectivity index (χ1v) is 46.5. The highest BCUT2D eigenvalue weighted by molar-refractivity contribution is 5.79. The molecule has 7 saturated heterocycles. The maximum absolute atomic E-state index is 13.0. The Labute approximate surface area is 703 Å². The number of nitrogens with zero attached hydrogens (tertiary/aromatic N) is 18. The molecule has 10 fully saturated rings. The summed E-state index contributed by atoms with van der Waals surface area (Å²) in [5.41, 5.74) is 10.6. The van der Waals surface area contributed by atoms with Gasteiger partial charge >= 0.3 is 0 Å². The van der Waals surface area contributed by atoms with E-state index in [2.05, 4.69) is 233 Å². The third-order valence-electron chi connectivity index (χ3n) is 31.3. The van der Waals surface area contributed by atoms with Crippen LogP contribution in [0.25, 0.3) is 0 Å². The van der Waals surface area contributed by atoms with E-state index in [0.717, 1.165) is 81.1 Å². The van der Waals surface area contributed by atoms with E-state index in [1.165, 1.54) is 257 Å². The molecule has 17 rings (SSSR count). The molecular weight excluding hydrogens is 1440 g/mol. The fourth-order valence-electron chi connectivity index (χ4n) is 22.7. The number of imidazole rings is 2. The first kappa shape index (κ1) is 88.4. The number of amides is 1. The molecule has 116 heavy (non-hydrogen) atoms. The molecule has 5 spiro atoms. The van der Waals surface area contributed by atoms with Crippen LogP contribution in [0.2, 0.25) is 0 Å². The van der Waals surface area contributed by atoms with E-state index in [0.29, 0.717) is 67.8 Å². The van der Waals surface area contributed by atoms with Crippen molar-refractivity contribution in [3.63, 3.8) is 0 Å². The molecular formula is C96H160N18O2. The quantitative estimate of drug-likeness (QED) is 0.145. The van der Waals surface area contributed by atoms with Crippen molar-refractivity contribution in [2.45, 2.75) is 351 Å². The van der Waals surface area contributed by atoms with Crippen LogP contribution in [0.1, 0.15) is 287 Å². The molecule has 0 aromatic carbocycles. The van der Waals surface area contributed by atoms with Crippen LogP contribution in [-0.4, -0.2) is 235 Å². The van der Waals surface area contributed by atoms with E-state index in [1.54, 1.807) is 6.33 Å². The second-order valence-electron chi connectivity index (χ2n) is 43.9. The van der Waals surface area contributed by atoms with Crippen molar-refractivity contribution < 1.29 is 9.53 Å². The molecule has 0 atom stereocenters. The average molecular weight is 1600 g/mol. The van der Waals surface area contributed by atoms with Crippen LogP contribution in [-0.2, 0) is 42.3 Å². The molecule has 0 unspecified atom stereocenters. The number of carbonyl (C=O) groups is 1. The number of fused-ring (bicyclic) bond motifs is 2. The standard InChI is InChI=1S/C20H33N5O.C20H34N4.C19H33N3O.C19H31N3.C18H29N3/c1-19(2,3)24-10-8-20(9-11-24)6-4-16(5-7-20)18(26)23-12-13-25-17(14-23)21-15-22-25;1-19(2,3)24-11-8-20(9-12-24)6-4-17(5-7-20)23-15-14-22-13-10-21-18(22)16-23;1-18(2,3)22-11-8-19(9-12-22)6-4-17(5-7-19)23-15-14-21-13-10-20-16-21;1-15-12-17(13-16(2)20-15)21-9-6-19(7-10-21)8-11-22(14-19)18(3,4)5;1-15-13-16(5-9-19-15)20-10-6-18(7-11-20)8-12-21(14-18)17(2,3)4/h15-16H,4-14H2,1-3H3;10,13,17H,4-9,11-12,14-16H2,1-3H3;10,13,16-17H,4-9,11-12,14-15H2,1-3H3;12-13H,6-11,14H2,1-5H3;5,9,13H,6-8,10-12,14H2,1-4H3. The Balaban J connectivity index is 0.000000126. The summed E-state index contributed by atoms with van der Waals surface area (Å²) >= 11 is 0. The monoisotopic (exact) mass is 1600 g/mol. The van der Waals surface area contributed by atoms with Gasteiger partial charge in [-0.05, 0) is 382 Å². The second kappa shape index (κ2) is 36.8. The zero-order chi connectivity index (χ0) is 82.5. The van der Waals surface area contributed by atoms with Crippen molar-refractivity contribution in [1.29, 1.82) is 0 Å². The number of pyridine rings is 2. The lowest BCUT2D eigenvalue weighted by molar-refractivity contribution is -0.139. The first-order chi connectivity index (χ1) is 54.9. The summed E-state index contributed by atoms with van der Waals surface area (Å²) in [7, 11) is 0. The molecule has 0 N–H and O–H groups in total. The van der Waals surface area contributed by atoms with Gasteiger partial charge in [0.05, 0.1) is 38.7 Å². The third kappa shape index (κ3) is 22.7. The fraction of sp³-hybridized carbons (Fsp3) is 0.802. The molecule has 14 heterocycles. The zero-order valence-electron chi connectivity index (χ0n) is 76.5. The maximum Gasteiger partial charge on any atom is 0.226 e. The lowest BCUT2D eigenvalue weighted by atomic mass is 9.65. The van der Waals surface area contributed by atoms with E-state index in [9.17, 15) is 4.79 Å². The summed E-state index contributed by atoms with van der Waals surface area (Å²) in [4.78, 5) is 57.9. The van der Waals surface area contributed by atoms with Gasteiger partial charge < -0.3 is 28.6 Å². The summed E-state index contributed by atoms with van der Waals surface area (Å²) in [6.45, 7) is 66.2. The third-order valence-corrected chi connectivity index (χ3v) is 31.3. The Kier molecular flexibility index (Phi) is 28.0. The average Bonchev–Trinajstić information content (AvgIpc) is 1.63. The minimum atomic E-state index is 0.218. The summed E-state index contributed by atoms with van der Waals surface area (Å²) in [6.07, 6.45) is 45.6. The summed E-state index contributed by atoms with van der Waals surface area (Å²) < 4.78 is 12.4. The van der Waals surface area contributed by atoms with Crippen molar-refractivity contribution in [1.82, 2.24) is 78.1 Å². The number of anilines is 2. The molecule has 646 valence electrons. The summed E-state index contributed by atoms with van der Waals surface area (Å²) in [6, 6.07) is 9.64. The van der Waals surface area contributed by atoms with Gasteiger partial charge in [0.1, 0.15) is 18.0 Å². The van der Waals surface area contributed by atoms with Crippen LogP contribution < -0.4 is 9.80 Å². The van der Waals surface area contributed by atoms with Crippen LogP contribution in [0.3, 0.4) is 0 Å². The summed E-state index contributed by atoms with van der Waals surface area (Å²) in [5.74, 6) is 2.75. The van der Waals surface area contributed by atoms with E-state index in [-0.39, 0.29) is 11.5 Å². The van der Waals surface area contributed by atoms with Gasteiger partial charge in [-0.25, -0.2) is 19.6 Å². The number of likely N-dealkylation sites (tertiary alicyclic amines) is 5. The maximum atomic E-state index is 13.0. The van der Waals surface area contributed by atoms with Crippen LogP contribution in [0.15, 0.2) is 67.9 Å². The van der Waals surface area contributed by atoms with Crippen LogP contribution in [0, 0.1) is 53.8 Å². The number of aromatic nitrogens is 9. The zero-order valence-corrected chi connectivity index (χ0v) is 76.5. The second-order valence-corrected chi connectivity index (χ2v) is 43.9. The van der Waals surface area contributed by atoms with Gasteiger partial charge in [0.15, 0.2) is 0 Å². The van der Waals surface area contributed by atoms with Crippen molar-refractivity contribution in [3.8, 4) is 0 Å². The number of ether oxygens (including phenoxy) is 1. The van der Waals surface area contributed by atoms with Gasteiger partial charge in [0.2, 0.25) is 5.91 Å². The predicted octanol–water partition coefficient (Wildman–Crippen LogP) is 17.2. The Morgan fingerprint density at radius 1 is 0.431 bits per heavy atom.